The lowest BCUT2D eigenvalue weighted by atomic mass is 9.94. The minimum atomic E-state index is -0.725. The van der Waals surface area contributed by atoms with Gasteiger partial charge in [0.2, 0.25) is 0 Å². The molecule has 0 spiro atoms. The Morgan fingerprint density at radius 3 is 2.30 bits per heavy atom. The van der Waals surface area contributed by atoms with Gasteiger partial charge in [-0.1, -0.05) is 56.7 Å². The van der Waals surface area contributed by atoms with Gasteiger partial charge in [0.1, 0.15) is 5.76 Å². The largest absolute Gasteiger partial charge is 0.507 e. The number of ketones is 1. The first-order chi connectivity index (χ1) is 17.9. The molecule has 1 aliphatic rings. The second-order valence-electron chi connectivity index (χ2n) is 9.23. The topological polar surface area (TPSA) is 79.3 Å². The Morgan fingerprint density at radius 1 is 0.973 bits per heavy atom. The predicted molar refractivity (Wildman–Crippen MR) is 146 cm³/mol. The molecule has 7 nitrogen and oxygen atoms in total. The summed E-state index contributed by atoms with van der Waals surface area (Å²) in [5.74, 6) is -0.265. The van der Waals surface area contributed by atoms with Crippen molar-refractivity contribution in [2.24, 2.45) is 0 Å². The van der Waals surface area contributed by atoms with Crippen LogP contribution >= 0.6 is 0 Å². The van der Waals surface area contributed by atoms with Crippen molar-refractivity contribution in [3.8, 4) is 11.5 Å². The van der Waals surface area contributed by atoms with Crippen LogP contribution in [-0.2, 0) is 9.59 Å². The molecule has 2 aromatic carbocycles. The number of amides is 1. The minimum absolute atomic E-state index is 0.0985. The van der Waals surface area contributed by atoms with E-state index in [1.165, 1.54) is 0 Å². The van der Waals surface area contributed by atoms with Crippen LogP contribution in [0.5, 0.6) is 11.5 Å². The summed E-state index contributed by atoms with van der Waals surface area (Å²) in [6, 6.07) is 12.0. The van der Waals surface area contributed by atoms with Crippen LogP contribution in [0.25, 0.3) is 5.76 Å². The van der Waals surface area contributed by atoms with E-state index in [1.54, 1.807) is 17.0 Å². The third-order valence-electron chi connectivity index (χ3n) is 6.68. The second kappa shape index (κ2) is 13.3. The number of nitrogens with zero attached hydrogens (tertiary/aromatic N) is 2. The Bertz CT molecular complexity index is 1110. The van der Waals surface area contributed by atoms with Crippen molar-refractivity contribution in [1.82, 2.24) is 9.80 Å². The third kappa shape index (κ3) is 6.52. The summed E-state index contributed by atoms with van der Waals surface area (Å²) in [4.78, 5) is 30.5. The quantitative estimate of drug-likeness (QED) is 0.224. The van der Waals surface area contributed by atoms with Crippen molar-refractivity contribution >= 4 is 17.4 Å². The van der Waals surface area contributed by atoms with E-state index in [0.717, 1.165) is 31.6 Å². The monoisotopic (exact) mass is 508 g/mol. The van der Waals surface area contributed by atoms with Gasteiger partial charge in [0.15, 0.2) is 11.5 Å². The number of likely N-dealkylation sites (tertiary alicyclic amines) is 1. The maximum absolute atomic E-state index is 13.3. The fraction of sp³-hybridized carbons (Fsp3) is 0.467. The normalized spacial score (nSPS) is 17.0. The SMILES string of the molecule is CCCOc1ccc(C2/C(=C(\O)c3ccc(C)cc3)C(=O)C(=O)N2CCCN(CC)CC)cc1OCC. The first kappa shape index (κ1) is 28.3. The molecule has 0 aromatic heterocycles. The Kier molecular flexibility index (Phi) is 10.1. The fourth-order valence-corrected chi connectivity index (χ4v) is 4.62. The van der Waals surface area contributed by atoms with Crippen LogP contribution in [0.4, 0.5) is 0 Å². The zero-order valence-electron chi connectivity index (χ0n) is 22.8. The summed E-state index contributed by atoms with van der Waals surface area (Å²) >= 11 is 0. The van der Waals surface area contributed by atoms with Gasteiger partial charge in [-0.15, -0.1) is 0 Å². The van der Waals surface area contributed by atoms with Gasteiger partial charge >= 0.3 is 0 Å². The molecule has 0 bridgehead atoms. The van der Waals surface area contributed by atoms with E-state index >= 15 is 0 Å². The van der Waals surface area contributed by atoms with Crippen LogP contribution in [0.3, 0.4) is 0 Å². The average molecular weight is 509 g/mol. The van der Waals surface area contributed by atoms with E-state index in [-0.39, 0.29) is 11.3 Å². The number of aryl methyl sites for hydroxylation is 1. The Morgan fingerprint density at radius 2 is 1.68 bits per heavy atom. The van der Waals surface area contributed by atoms with E-state index in [1.807, 2.05) is 51.1 Å². The lowest BCUT2D eigenvalue weighted by molar-refractivity contribution is -0.140. The molecule has 37 heavy (non-hydrogen) atoms. The van der Waals surface area contributed by atoms with Crippen molar-refractivity contribution in [2.45, 2.75) is 53.5 Å². The minimum Gasteiger partial charge on any atom is -0.507 e. The zero-order chi connectivity index (χ0) is 26.9. The molecule has 1 N–H and O–H groups in total. The number of ether oxygens (including phenoxy) is 2. The van der Waals surface area contributed by atoms with Gasteiger partial charge in [0.25, 0.3) is 11.7 Å². The van der Waals surface area contributed by atoms with Gasteiger partial charge in [-0.25, -0.2) is 0 Å². The van der Waals surface area contributed by atoms with Crippen molar-refractivity contribution in [3.63, 3.8) is 0 Å². The molecule has 1 aliphatic heterocycles. The molecule has 1 heterocycles. The molecule has 1 atom stereocenters. The van der Waals surface area contributed by atoms with Crippen LogP contribution in [-0.4, -0.2) is 66.0 Å². The van der Waals surface area contributed by atoms with E-state index in [9.17, 15) is 14.7 Å². The molecule has 200 valence electrons. The molecule has 1 saturated heterocycles. The highest BCUT2D eigenvalue weighted by Gasteiger charge is 2.46. The number of carbonyl (C=O) groups is 2. The van der Waals surface area contributed by atoms with E-state index in [2.05, 4.69) is 18.7 Å². The number of carbonyl (C=O) groups excluding carboxylic acids is 2. The van der Waals surface area contributed by atoms with Crippen LogP contribution in [0.15, 0.2) is 48.0 Å². The number of hydrogen-bond acceptors (Lipinski definition) is 6. The molecule has 2 aromatic rings. The van der Waals surface area contributed by atoms with Crippen molar-refractivity contribution in [1.29, 1.82) is 0 Å². The number of hydrogen-bond donors (Lipinski definition) is 1. The Balaban J connectivity index is 2.08. The van der Waals surface area contributed by atoms with Gasteiger partial charge in [-0.3, -0.25) is 9.59 Å². The van der Waals surface area contributed by atoms with Crippen LogP contribution in [0, 0.1) is 6.92 Å². The van der Waals surface area contributed by atoms with Crippen molar-refractivity contribution in [3.05, 3.63) is 64.7 Å². The fourth-order valence-electron chi connectivity index (χ4n) is 4.62. The van der Waals surface area contributed by atoms with E-state index in [0.29, 0.717) is 48.8 Å². The molecule has 1 unspecified atom stereocenters. The first-order valence-corrected chi connectivity index (χ1v) is 13.3. The summed E-state index contributed by atoms with van der Waals surface area (Å²) in [7, 11) is 0. The summed E-state index contributed by atoms with van der Waals surface area (Å²) < 4.78 is 11.7. The zero-order valence-corrected chi connectivity index (χ0v) is 22.8. The van der Waals surface area contributed by atoms with Gasteiger partial charge in [-0.05, 0) is 64.0 Å². The van der Waals surface area contributed by atoms with Crippen molar-refractivity contribution < 1.29 is 24.2 Å². The van der Waals surface area contributed by atoms with Gasteiger partial charge < -0.3 is 24.4 Å². The summed E-state index contributed by atoms with van der Waals surface area (Å²) in [6.07, 6.45) is 1.57. The number of aliphatic hydroxyl groups excluding tert-OH is 1. The third-order valence-corrected chi connectivity index (χ3v) is 6.68. The summed E-state index contributed by atoms with van der Waals surface area (Å²) in [5.41, 5.74) is 2.34. The summed E-state index contributed by atoms with van der Waals surface area (Å²) in [6.45, 7) is 14.1. The Labute approximate surface area is 220 Å². The smallest absolute Gasteiger partial charge is 0.295 e. The molecule has 1 fully saturated rings. The molecule has 0 saturated carbocycles. The molecule has 3 rings (SSSR count). The molecule has 7 heteroatoms. The Hall–Kier alpha value is -3.32. The highest BCUT2D eigenvalue weighted by atomic mass is 16.5. The maximum atomic E-state index is 13.3. The van der Waals surface area contributed by atoms with Gasteiger partial charge in [0, 0.05) is 12.1 Å². The number of rotatable bonds is 13. The molecular formula is C30H40N2O5. The maximum Gasteiger partial charge on any atom is 0.295 e. The molecular weight excluding hydrogens is 468 g/mol. The van der Waals surface area contributed by atoms with Gasteiger partial charge in [-0.2, -0.15) is 0 Å². The van der Waals surface area contributed by atoms with E-state index in [4.69, 9.17) is 9.47 Å². The van der Waals surface area contributed by atoms with Crippen molar-refractivity contribution in [2.75, 3.05) is 39.4 Å². The standard InChI is InChI=1S/C30H40N2O5/c1-6-19-37-24-16-15-23(20-25(24)36-9-4)27-26(28(33)22-13-11-21(5)12-14-22)29(34)30(35)32(27)18-10-17-31(7-2)8-3/h11-16,20,27,33H,6-10,17-19H2,1-5H3/b28-26+. The van der Waals surface area contributed by atoms with Gasteiger partial charge in [0.05, 0.1) is 24.8 Å². The highest BCUT2D eigenvalue weighted by molar-refractivity contribution is 6.46. The molecule has 1 amide bonds. The lowest BCUT2D eigenvalue weighted by Gasteiger charge is -2.27. The number of Topliss-reactive ketones (excluding diaryl/α,β-unsaturated/α-hetero) is 1. The number of benzene rings is 2. The van der Waals surface area contributed by atoms with E-state index < -0.39 is 17.7 Å². The first-order valence-electron chi connectivity index (χ1n) is 13.3. The molecule has 0 radical (unpaired) electrons. The van der Waals surface area contributed by atoms with Crippen LogP contribution in [0.2, 0.25) is 0 Å². The lowest BCUT2D eigenvalue weighted by Crippen LogP contribution is -2.33. The second-order valence-corrected chi connectivity index (χ2v) is 9.23. The van der Waals surface area contributed by atoms with Crippen LogP contribution < -0.4 is 9.47 Å². The predicted octanol–water partition coefficient (Wildman–Crippen LogP) is 5.34. The highest BCUT2D eigenvalue weighted by Crippen LogP contribution is 2.42. The summed E-state index contributed by atoms with van der Waals surface area (Å²) in [5, 5.41) is 11.3. The molecule has 0 aliphatic carbocycles. The number of aliphatic hydroxyl groups is 1. The average Bonchev–Trinajstić information content (AvgIpc) is 3.15. The van der Waals surface area contributed by atoms with Crippen LogP contribution in [0.1, 0.15) is 63.3 Å².